The second-order valence-electron chi connectivity index (χ2n) is 4.40. The van der Waals surface area contributed by atoms with Gasteiger partial charge in [0.2, 0.25) is 0 Å². The number of para-hydroxylation sites is 1. The smallest absolute Gasteiger partial charge is 0.124 e. The van der Waals surface area contributed by atoms with E-state index in [1.165, 1.54) is 0 Å². The molecule has 0 radical (unpaired) electrons. The summed E-state index contributed by atoms with van der Waals surface area (Å²) < 4.78 is 5.68. The first-order valence-corrected chi connectivity index (χ1v) is 5.15. The molecule has 2 nitrogen and oxygen atoms in total. The summed E-state index contributed by atoms with van der Waals surface area (Å²) in [6.07, 6.45) is 0.126. The van der Waals surface area contributed by atoms with Crippen molar-refractivity contribution in [2.24, 2.45) is 0 Å². The van der Waals surface area contributed by atoms with Gasteiger partial charge in [-0.3, -0.25) is 0 Å². The average molecular weight is 203 g/mol. The summed E-state index contributed by atoms with van der Waals surface area (Å²) in [7, 11) is 0. The van der Waals surface area contributed by atoms with Crippen LogP contribution in [0.15, 0.2) is 24.3 Å². The first-order valence-electron chi connectivity index (χ1n) is 5.15. The zero-order chi connectivity index (χ0) is 11.5. The van der Waals surface area contributed by atoms with Crippen LogP contribution >= 0.6 is 0 Å². The number of nitriles is 1. The van der Waals surface area contributed by atoms with E-state index in [4.69, 9.17) is 10.00 Å². The van der Waals surface area contributed by atoms with Gasteiger partial charge in [-0.25, -0.2) is 0 Å². The highest BCUT2D eigenvalue weighted by Crippen LogP contribution is 2.31. The minimum absolute atomic E-state index is 0.126. The van der Waals surface area contributed by atoms with Crippen molar-refractivity contribution < 1.29 is 4.74 Å². The molecule has 0 unspecified atom stereocenters. The van der Waals surface area contributed by atoms with Crippen LogP contribution in [0.2, 0.25) is 0 Å². The maximum absolute atomic E-state index is 9.10. The van der Waals surface area contributed by atoms with Crippen molar-refractivity contribution in [2.45, 2.75) is 39.2 Å². The Bertz CT molecular complexity index is 374. The molecule has 0 saturated carbocycles. The SMILES string of the molecule is CC(C)Oc1ccccc1C(C)(C)C#N. The second-order valence-corrected chi connectivity index (χ2v) is 4.40. The maximum atomic E-state index is 9.10. The van der Waals surface area contributed by atoms with E-state index in [1.807, 2.05) is 52.0 Å². The summed E-state index contributed by atoms with van der Waals surface area (Å²) in [4.78, 5) is 0. The lowest BCUT2D eigenvalue weighted by Gasteiger charge is -2.21. The van der Waals surface area contributed by atoms with Crippen molar-refractivity contribution in [3.8, 4) is 11.8 Å². The Morgan fingerprint density at radius 3 is 2.40 bits per heavy atom. The van der Waals surface area contributed by atoms with E-state index in [-0.39, 0.29) is 6.10 Å². The quantitative estimate of drug-likeness (QED) is 0.755. The number of benzene rings is 1. The van der Waals surface area contributed by atoms with Gasteiger partial charge in [0.05, 0.1) is 17.6 Å². The molecule has 0 bridgehead atoms. The largest absolute Gasteiger partial charge is 0.491 e. The predicted octanol–water partition coefficient (Wildman–Crippen LogP) is 3.27. The van der Waals surface area contributed by atoms with Crippen LogP contribution < -0.4 is 4.74 Å². The molecule has 0 amide bonds. The third-order valence-corrected chi connectivity index (χ3v) is 2.20. The number of hydrogen-bond acceptors (Lipinski definition) is 2. The monoisotopic (exact) mass is 203 g/mol. The highest BCUT2D eigenvalue weighted by atomic mass is 16.5. The minimum Gasteiger partial charge on any atom is -0.491 e. The lowest BCUT2D eigenvalue weighted by atomic mass is 9.86. The summed E-state index contributed by atoms with van der Waals surface area (Å²) >= 11 is 0. The van der Waals surface area contributed by atoms with E-state index in [0.717, 1.165) is 11.3 Å². The highest BCUT2D eigenvalue weighted by Gasteiger charge is 2.23. The molecular weight excluding hydrogens is 186 g/mol. The van der Waals surface area contributed by atoms with Gasteiger partial charge in [0, 0.05) is 5.56 Å². The fourth-order valence-corrected chi connectivity index (χ4v) is 1.40. The molecule has 0 spiro atoms. The molecule has 2 heteroatoms. The summed E-state index contributed by atoms with van der Waals surface area (Å²) in [6, 6.07) is 10.0. The Morgan fingerprint density at radius 2 is 1.87 bits per heavy atom. The van der Waals surface area contributed by atoms with Crippen molar-refractivity contribution in [1.82, 2.24) is 0 Å². The summed E-state index contributed by atoms with van der Waals surface area (Å²) in [5.41, 5.74) is 0.437. The van der Waals surface area contributed by atoms with Crippen LogP contribution in [0.5, 0.6) is 5.75 Å². The number of hydrogen-bond donors (Lipinski definition) is 0. The Hall–Kier alpha value is -1.49. The summed E-state index contributed by atoms with van der Waals surface area (Å²) in [6.45, 7) is 7.76. The van der Waals surface area contributed by atoms with Gasteiger partial charge in [0.15, 0.2) is 0 Å². The number of rotatable bonds is 3. The Morgan fingerprint density at radius 1 is 1.27 bits per heavy atom. The van der Waals surface area contributed by atoms with E-state index in [2.05, 4.69) is 6.07 Å². The maximum Gasteiger partial charge on any atom is 0.124 e. The Kier molecular flexibility index (Phi) is 3.36. The zero-order valence-electron chi connectivity index (χ0n) is 9.74. The third-order valence-electron chi connectivity index (χ3n) is 2.20. The van der Waals surface area contributed by atoms with Crippen LogP contribution in [0.4, 0.5) is 0 Å². The normalized spacial score (nSPS) is 11.2. The fraction of sp³-hybridized carbons (Fsp3) is 0.462. The lowest BCUT2D eigenvalue weighted by Crippen LogP contribution is -2.17. The van der Waals surface area contributed by atoms with E-state index in [9.17, 15) is 0 Å². The molecule has 15 heavy (non-hydrogen) atoms. The van der Waals surface area contributed by atoms with Crippen molar-refractivity contribution in [1.29, 1.82) is 5.26 Å². The molecule has 0 fully saturated rings. The van der Waals surface area contributed by atoms with Crippen LogP contribution in [0.1, 0.15) is 33.3 Å². The molecule has 0 aliphatic rings. The third kappa shape index (κ3) is 2.73. The standard InChI is InChI=1S/C13H17NO/c1-10(2)15-12-8-6-5-7-11(12)13(3,4)9-14/h5-8,10H,1-4H3. The van der Waals surface area contributed by atoms with Crippen molar-refractivity contribution >= 4 is 0 Å². The van der Waals surface area contributed by atoms with Crippen molar-refractivity contribution in [3.05, 3.63) is 29.8 Å². The van der Waals surface area contributed by atoms with Crippen molar-refractivity contribution in [3.63, 3.8) is 0 Å². The lowest BCUT2D eigenvalue weighted by molar-refractivity contribution is 0.238. The Balaban J connectivity index is 3.13. The van der Waals surface area contributed by atoms with E-state index in [0.29, 0.717) is 0 Å². The van der Waals surface area contributed by atoms with Gasteiger partial charge in [-0.2, -0.15) is 5.26 Å². The first kappa shape index (κ1) is 11.6. The molecule has 0 aliphatic heterocycles. The van der Waals surface area contributed by atoms with Gasteiger partial charge < -0.3 is 4.74 Å². The zero-order valence-corrected chi connectivity index (χ0v) is 9.74. The van der Waals surface area contributed by atoms with Crippen LogP contribution in [0.3, 0.4) is 0 Å². The van der Waals surface area contributed by atoms with E-state index >= 15 is 0 Å². The van der Waals surface area contributed by atoms with Gasteiger partial charge in [-0.1, -0.05) is 18.2 Å². The molecule has 0 N–H and O–H groups in total. The fourth-order valence-electron chi connectivity index (χ4n) is 1.40. The molecule has 0 heterocycles. The molecule has 0 aromatic heterocycles. The summed E-state index contributed by atoms with van der Waals surface area (Å²) in [5.74, 6) is 0.805. The van der Waals surface area contributed by atoms with Gasteiger partial charge in [0.1, 0.15) is 5.75 Å². The molecule has 80 valence electrons. The molecular formula is C13H17NO. The topological polar surface area (TPSA) is 33.0 Å². The number of nitrogens with zero attached hydrogens (tertiary/aromatic N) is 1. The van der Waals surface area contributed by atoms with E-state index < -0.39 is 5.41 Å². The molecule has 1 rings (SSSR count). The molecule has 0 atom stereocenters. The molecule has 0 saturated heterocycles. The molecule has 1 aromatic rings. The van der Waals surface area contributed by atoms with Gasteiger partial charge in [0.25, 0.3) is 0 Å². The molecule has 1 aromatic carbocycles. The van der Waals surface area contributed by atoms with E-state index in [1.54, 1.807) is 0 Å². The van der Waals surface area contributed by atoms with Crippen LogP contribution in [0, 0.1) is 11.3 Å². The van der Waals surface area contributed by atoms with Crippen molar-refractivity contribution in [2.75, 3.05) is 0 Å². The second kappa shape index (κ2) is 4.35. The number of ether oxygens (including phenoxy) is 1. The van der Waals surface area contributed by atoms with Gasteiger partial charge in [-0.15, -0.1) is 0 Å². The first-order chi connectivity index (χ1) is 6.97. The average Bonchev–Trinajstić information content (AvgIpc) is 2.17. The summed E-state index contributed by atoms with van der Waals surface area (Å²) in [5, 5.41) is 9.10. The highest BCUT2D eigenvalue weighted by molar-refractivity contribution is 5.42. The molecule has 0 aliphatic carbocycles. The minimum atomic E-state index is -0.508. The van der Waals surface area contributed by atoms with Gasteiger partial charge >= 0.3 is 0 Å². The predicted molar refractivity (Wildman–Crippen MR) is 60.8 cm³/mol. The van der Waals surface area contributed by atoms with Crippen LogP contribution in [-0.4, -0.2) is 6.10 Å². The van der Waals surface area contributed by atoms with Crippen LogP contribution in [0.25, 0.3) is 0 Å². The van der Waals surface area contributed by atoms with Gasteiger partial charge in [-0.05, 0) is 33.8 Å². The van der Waals surface area contributed by atoms with Crippen LogP contribution in [-0.2, 0) is 5.41 Å². The Labute approximate surface area is 91.5 Å².